The normalized spacial score (nSPS) is 24.6. The number of benzene rings is 2. The lowest BCUT2D eigenvalue weighted by molar-refractivity contribution is -0.134. The molecule has 1 amide bonds. The summed E-state index contributed by atoms with van der Waals surface area (Å²) in [4.78, 5) is 19.1. The van der Waals surface area contributed by atoms with Gasteiger partial charge < -0.3 is 10.2 Å². The molecule has 2 aromatic rings. The maximum absolute atomic E-state index is 12.9. The van der Waals surface area contributed by atoms with Crippen LogP contribution in [0.15, 0.2) is 64.4 Å². The Hall–Kier alpha value is -2.77. The average Bonchev–Trinajstić information content (AvgIpc) is 3.43. The van der Waals surface area contributed by atoms with Gasteiger partial charge in [-0.25, -0.2) is 5.01 Å². The van der Waals surface area contributed by atoms with E-state index in [0.29, 0.717) is 0 Å². The zero-order valence-electron chi connectivity index (χ0n) is 19.6. The van der Waals surface area contributed by atoms with Gasteiger partial charge in [-0.2, -0.15) is 5.10 Å². The molecule has 1 saturated heterocycles. The fourth-order valence-corrected chi connectivity index (χ4v) is 6.88. The SMILES string of the molecule is CN(N=CN1C(c2ccc3ccccc3c2)=CN2C3=C(CCCC3)SC12)C(=O)C1CCCNC1. The van der Waals surface area contributed by atoms with E-state index in [1.807, 2.05) is 18.1 Å². The number of fused-ring (bicyclic) bond motifs is 3. The summed E-state index contributed by atoms with van der Waals surface area (Å²) in [6.07, 6.45) is 11.0. The number of amides is 1. The summed E-state index contributed by atoms with van der Waals surface area (Å²) in [6.45, 7) is 1.74. The number of hydrazone groups is 1. The van der Waals surface area contributed by atoms with Crippen LogP contribution in [0, 0.1) is 5.92 Å². The summed E-state index contributed by atoms with van der Waals surface area (Å²) in [5.41, 5.74) is 3.90. The minimum absolute atomic E-state index is 0.0105. The Bertz CT molecular complexity index is 1200. The number of hydrogen-bond donors (Lipinski definition) is 1. The van der Waals surface area contributed by atoms with Gasteiger partial charge in [0.2, 0.25) is 5.91 Å². The number of nitrogens with zero attached hydrogens (tertiary/aromatic N) is 4. The summed E-state index contributed by atoms with van der Waals surface area (Å²) < 4.78 is 0. The maximum atomic E-state index is 12.9. The second-order valence-corrected chi connectivity index (χ2v) is 10.7. The molecule has 3 heterocycles. The smallest absolute Gasteiger partial charge is 0.246 e. The fraction of sp³-hybridized carbons (Fsp3) is 0.407. The lowest BCUT2D eigenvalue weighted by Crippen LogP contribution is -2.40. The molecular weight excluding hydrogens is 442 g/mol. The highest BCUT2D eigenvalue weighted by Crippen LogP contribution is 2.51. The molecule has 4 aliphatic rings. The third-order valence-corrected chi connectivity index (χ3v) is 8.71. The summed E-state index contributed by atoms with van der Waals surface area (Å²) in [5.74, 6) is 0.101. The van der Waals surface area contributed by atoms with Crippen LogP contribution in [-0.4, -0.2) is 52.7 Å². The molecule has 6 rings (SSSR count). The van der Waals surface area contributed by atoms with Gasteiger partial charge in [-0.05, 0) is 61.9 Å². The second kappa shape index (κ2) is 9.12. The number of nitrogens with one attached hydrogen (secondary N) is 1. The van der Waals surface area contributed by atoms with E-state index in [4.69, 9.17) is 0 Å². The van der Waals surface area contributed by atoms with E-state index in [-0.39, 0.29) is 17.3 Å². The zero-order valence-corrected chi connectivity index (χ0v) is 20.4. The van der Waals surface area contributed by atoms with E-state index in [0.717, 1.165) is 38.0 Å². The van der Waals surface area contributed by atoms with Crippen LogP contribution < -0.4 is 5.32 Å². The van der Waals surface area contributed by atoms with Crippen molar-refractivity contribution in [2.24, 2.45) is 11.0 Å². The van der Waals surface area contributed by atoms with Gasteiger partial charge in [0, 0.05) is 36.0 Å². The summed E-state index contributed by atoms with van der Waals surface area (Å²) in [5, 5.41) is 12.0. The monoisotopic (exact) mass is 473 g/mol. The topological polar surface area (TPSA) is 51.2 Å². The van der Waals surface area contributed by atoms with Crippen molar-refractivity contribution < 1.29 is 4.79 Å². The van der Waals surface area contributed by atoms with Gasteiger partial charge in [-0.1, -0.05) is 48.2 Å². The zero-order chi connectivity index (χ0) is 23.1. The van der Waals surface area contributed by atoms with Crippen molar-refractivity contribution in [3.05, 3.63) is 64.8 Å². The Balaban J connectivity index is 1.31. The molecule has 6 nitrogen and oxygen atoms in total. The Kier molecular flexibility index (Phi) is 5.83. The van der Waals surface area contributed by atoms with E-state index in [2.05, 4.69) is 68.9 Å². The Morgan fingerprint density at radius 1 is 1.15 bits per heavy atom. The molecule has 34 heavy (non-hydrogen) atoms. The van der Waals surface area contributed by atoms with Crippen LogP contribution >= 0.6 is 11.8 Å². The molecule has 2 atom stereocenters. The van der Waals surface area contributed by atoms with E-state index >= 15 is 0 Å². The van der Waals surface area contributed by atoms with Gasteiger partial charge in [-0.3, -0.25) is 9.69 Å². The molecule has 7 heteroatoms. The first-order valence-electron chi connectivity index (χ1n) is 12.4. The highest BCUT2D eigenvalue weighted by atomic mass is 32.2. The van der Waals surface area contributed by atoms with Gasteiger partial charge in [0.25, 0.3) is 0 Å². The molecule has 2 aromatic carbocycles. The van der Waals surface area contributed by atoms with Crippen molar-refractivity contribution in [3.63, 3.8) is 0 Å². The van der Waals surface area contributed by atoms with Crippen LogP contribution in [0.4, 0.5) is 0 Å². The number of piperidine rings is 1. The molecule has 0 aromatic heterocycles. The largest absolute Gasteiger partial charge is 0.319 e. The van der Waals surface area contributed by atoms with Gasteiger partial charge in [0.05, 0.1) is 11.6 Å². The predicted molar refractivity (Wildman–Crippen MR) is 139 cm³/mol. The van der Waals surface area contributed by atoms with E-state index < -0.39 is 0 Å². The molecule has 176 valence electrons. The molecule has 0 spiro atoms. The molecule has 1 fully saturated rings. The fourth-order valence-electron chi connectivity index (χ4n) is 5.44. The van der Waals surface area contributed by atoms with Crippen molar-refractivity contribution >= 4 is 40.5 Å². The lowest BCUT2D eigenvalue weighted by atomic mass is 9.99. The number of rotatable bonds is 4. The van der Waals surface area contributed by atoms with Gasteiger partial charge in [0.1, 0.15) is 6.34 Å². The minimum atomic E-state index is 0.0105. The molecule has 3 aliphatic heterocycles. The summed E-state index contributed by atoms with van der Waals surface area (Å²) in [7, 11) is 1.78. The van der Waals surface area contributed by atoms with Crippen molar-refractivity contribution in [1.82, 2.24) is 20.1 Å². The number of hydrogen-bond acceptors (Lipinski definition) is 5. The third-order valence-electron chi connectivity index (χ3n) is 7.32. The molecule has 0 radical (unpaired) electrons. The van der Waals surface area contributed by atoms with Crippen LogP contribution in [0.3, 0.4) is 0 Å². The van der Waals surface area contributed by atoms with Crippen LogP contribution in [0.2, 0.25) is 0 Å². The number of allylic oxidation sites excluding steroid dienone is 2. The first kappa shape index (κ1) is 21.7. The first-order valence-corrected chi connectivity index (χ1v) is 13.3. The van der Waals surface area contributed by atoms with Crippen LogP contribution in [0.1, 0.15) is 44.1 Å². The van der Waals surface area contributed by atoms with Crippen LogP contribution in [0.25, 0.3) is 16.5 Å². The van der Waals surface area contributed by atoms with Crippen LogP contribution in [-0.2, 0) is 4.79 Å². The summed E-state index contributed by atoms with van der Waals surface area (Å²) >= 11 is 1.94. The maximum Gasteiger partial charge on any atom is 0.246 e. The lowest BCUT2D eigenvalue weighted by Gasteiger charge is -2.28. The second-order valence-electron chi connectivity index (χ2n) is 9.55. The molecule has 0 saturated carbocycles. The Morgan fingerprint density at radius 2 is 2.00 bits per heavy atom. The first-order chi connectivity index (χ1) is 16.7. The number of carbonyl (C=O) groups excluding carboxylic acids is 1. The standard InChI is InChI=1S/C27H31N5OS/c1-30(26(33)22-9-6-14-28-16-22)29-18-32-24(21-13-12-19-7-2-3-8-20(19)15-21)17-31-23-10-4-5-11-25(23)34-27(31)32/h2-3,7-8,12-13,15,17-18,22,27-28H,4-6,9-11,14,16H2,1H3. The molecule has 0 bridgehead atoms. The third kappa shape index (κ3) is 3.91. The average molecular weight is 474 g/mol. The van der Waals surface area contributed by atoms with Gasteiger partial charge in [-0.15, -0.1) is 0 Å². The van der Waals surface area contributed by atoms with Crippen molar-refractivity contribution in [3.8, 4) is 0 Å². The van der Waals surface area contributed by atoms with E-state index in [9.17, 15) is 4.79 Å². The van der Waals surface area contributed by atoms with Gasteiger partial charge in [0.15, 0.2) is 5.50 Å². The van der Waals surface area contributed by atoms with Crippen molar-refractivity contribution in [2.45, 2.75) is 44.0 Å². The number of carbonyl (C=O) groups is 1. The Labute approximate surface area is 205 Å². The Morgan fingerprint density at radius 3 is 2.85 bits per heavy atom. The molecule has 2 unspecified atom stereocenters. The van der Waals surface area contributed by atoms with E-state index in [1.54, 1.807) is 7.05 Å². The van der Waals surface area contributed by atoms with Gasteiger partial charge >= 0.3 is 0 Å². The quantitative estimate of drug-likeness (QED) is 0.386. The van der Waals surface area contributed by atoms with Crippen molar-refractivity contribution in [2.75, 3.05) is 20.1 Å². The number of thioether (sulfide) groups is 1. The molecule has 1 N–H and O–H groups in total. The highest BCUT2D eigenvalue weighted by Gasteiger charge is 2.41. The molecule has 1 aliphatic carbocycles. The highest BCUT2D eigenvalue weighted by molar-refractivity contribution is 8.03. The summed E-state index contributed by atoms with van der Waals surface area (Å²) in [6, 6.07) is 15.1. The predicted octanol–water partition coefficient (Wildman–Crippen LogP) is 4.97. The van der Waals surface area contributed by atoms with Crippen molar-refractivity contribution in [1.29, 1.82) is 0 Å². The van der Waals surface area contributed by atoms with Crippen LogP contribution in [0.5, 0.6) is 0 Å². The molecular formula is C27H31N5OS. The minimum Gasteiger partial charge on any atom is -0.319 e. The van der Waals surface area contributed by atoms with E-state index in [1.165, 1.54) is 51.2 Å².